The van der Waals surface area contributed by atoms with E-state index in [2.05, 4.69) is 20.9 Å². The molecule has 2 aromatic heterocycles. The van der Waals surface area contributed by atoms with Crippen LogP contribution in [0.1, 0.15) is 5.56 Å². The van der Waals surface area contributed by atoms with Crippen molar-refractivity contribution in [3.8, 4) is 11.6 Å². The molecule has 0 radical (unpaired) electrons. The van der Waals surface area contributed by atoms with Gasteiger partial charge in [0.05, 0.1) is 11.0 Å². The molecule has 0 atom stereocenters. The van der Waals surface area contributed by atoms with E-state index < -0.39 is 0 Å². The van der Waals surface area contributed by atoms with Gasteiger partial charge in [-0.2, -0.15) is 0 Å². The molecule has 0 saturated carbocycles. The number of hydrogen-bond donors (Lipinski definition) is 1. The van der Waals surface area contributed by atoms with E-state index in [-0.39, 0.29) is 0 Å². The van der Waals surface area contributed by atoms with E-state index in [1.165, 1.54) is 0 Å². The molecule has 2 heterocycles. The molecule has 0 aliphatic carbocycles. The van der Waals surface area contributed by atoms with Crippen molar-refractivity contribution in [1.82, 2.24) is 9.55 Å². The number of aryl methyl sites for hydroxylation is 1. The first kappa shape index (κ1) is 11.5. The molecule has 5 heteroatoms. The average molecular weight is 306 g/mol. The topological polar surface area (TPSA) is 57.0 Å². The van der Waals surface area contributed by atoms with Crippen LogP contribution in [0.3, 0.4) is 0 Å². The SMILES string of the molecule is Cn1c(-c2ccc(Br)o2)nc2c(CN)cccc21. The number of furan rings is 1. The van der Waals surface area contributed by atoms with Crippen LogP contribution in [-0.4, -0.2) is 9.55 Å². The van der Waals surface area contributed by atoms with Gasteiger partial charge in [0, 0.05) is 13.6 Å². The number of benzene rings is 1. The number of para-hydroxylation sites is 1. The van der Waals surface area contributed by atoms with Crippen molar-refractivity contribution < 1.29 is 4.42 Å². The van der Waals surface area contributed by atoms with E-state index >= 15 is 0 Å². The molecular weight excluding hydrogens is 294 g/mol. The van der Waals surface area contributed by atoms with Gasteiger partial charge in [0.15, 0.2) is 16.3 Å². The summed E-state index contributed by atoms with van der Waals surface area (Å²) in [6.45, 7) is 0.482. The van der Waals surface area contributed by atoms with Gasteiger partial charge in [-0.05, 0) is 39.7 Å². The zero-order valence-corrected chi connectivity index (χ0v) is 11.4. The number of halogens is 1. The maximum absolute atomic E-state index is 5.74. The van der Waals surface area contributed by atoms with Gasteiger partial charge in [0.1, 0.15) is 0 Å². The standard InChI is InChI=1S/C13H12BrN3O/c1-17-9-4-2-3-8(7-15)12(9)16-13(17)10-5-6-11(14)18-10/h2-6H,7,15H2,1H3. The third-order valence-electron chi connectivity index (χ3n) is 3.01. The zero-order valence-electron chi connectivity index (χ0n) is 9.85. The minimum Gasteiger partial charge on any atom is -0.446 e. The third kappa shape index (κ3) is 1.67. The molecule has 0 aliphatic heterocycles. The molecule has 18 heavy (non-hydrogen) atoms. The van der Waals surface area contributed by atoms with E-state index in [1.807, 2.05) is 41.9 Å². The molecule has 1 aromatic carbocycles. The van der Waals surface area contributed by atoms with Crippen molar-refractivity contribution in [2.75, 3.05) is 0 Å². The summed E-state index contributed by atoms with van der Waals surface area (Å²) >= 11 is 3.30. The summed E-state index contributed by atoms with van der Waals surface area (Å²) in [5.74, 6) is 1.54. The molecule has 3 rings (SSSR count). The van der Waals surface area contributed by atoms with Gasteiger partial charge < -0.3 is 14.7 Å². The van der Waals surface area contributed by atoms with E-state index in [0.717, 1.165) is 28.2 Å². The Hall–Kier alpha value is -1.59. The van der Waals surface area contributed by atoms with Gasteiger partial charge in [-0.1, -0.05) is 12.1 Å². The van der Waals surface area contributed by atoms with Crippen molar-refractivity contribution in [1.29, 1.82) is 0 Å². The van der Waals surface area contributed by atoms with E-state index in [9.17, 15) is 0 Å². The fourth-order valence-corrected chi connectivity index (χ4v) is 2.40. The smallest absolute Gasteiger partial charge is 0.177 e. The van der Waals surface area contributed by atoms with E-state index in [0.29, 0.717) is 11.2 Å². The van der Waals surface area contributed by atoms with Crippen LogP contribution in [0.2, 0.25) is 0 Å². The van der Waals surface area contributed by atoms with Crippen molar-refractivity contribution in [2.24, 2.45) is 12.8 Å². The second kappa shape index (κ2) is 4.26. The van der Waals surface area contributed by atoms with Crippen molar-refractivity contribution in [3.05, 3.63) is 40.6 Å². The Morgan fingerprint density at radius 1 is 1.33 bits per heavy atom. The van der Waals surface area contributed by atoms with Gasteiger partial charge in [-0.15, -0.1) is 0 Å². The van der Waals surface area contributed by atoms with Crippen molar-refractivity contribution in [3.63, 3.8) is 0 Å². The highest BCUT2D eigenvalue weighted by Crippen LogP contribution is 2.28. The van der Waals surface area contributed by atoms with Crippen LogP contribution in [-0.2, 0) is 13.6 Å². The Labute approximate surface area is 113 Å². The minimum absolute atomic E-state index is 0.482. The lowest BCUT2D eigenvalue weighted by Crippen LogP contribution is -1.97. The Kier molecular flexibility index (Phi) is 2.72. The summed E-state index contributed by atoms with van der Waals surface area (Å²) in [5.41, 5.74) is 8.77. The Morgan fingerprint density at radius 2 is 2.17 bits per heavy atom. The largest absolute Gasteiger partial charge is 0.446 e. The first-order valence-corrected chi connectivity index (χ1v) is 6.40. The number of fused-ring (bicyclic) bond motifs is 1. The predicted molar refractivity (Wildman–Crippen MR) is 74.0 cm³/mol. The predicted octanol–water partition coefficient (Wildman–Crippen LogP) is 3.05. The molecule has 0 amide bonds. The van der Waals surface area contributed by atoms with Crippen LogP contribution in [0.5, 0.6) is 0 Å². The first-order valence-electron chi connectivity index (χ1n) is 5.61. The quantitative estimate of drug-likeness (QED) is 0.791. The number of hydrogen-bond acceptors (Lipinski definition) is 3. The third-order valence-corrected chi connectivity index (χ3v) is 3.43. The van der Waals surface area contributed by atoms with Gasteiger partial charge >= 0.3 is 0 Å². The molecule has 0 saturated heterocycles. The Morgan fingerprint density at radius 3 is 2.83 bits per heavy atom. The molecule has 4 nitrogen and oxygen atoms in total. The zero-order chi connectivity index (χ0) is 12.7. The Balaban J connectivity index is 2.28. The van der Waals surface area contributed by atoms with Crippen molar-refractivity contribution >= 4 is 27.0 Å². The normalized spacial score (nSPS) is 11.3. The van der Waals surface area contributed by atoms with Gasteiger partial charge in [0.25, 0.3) is 0 Å². The minimum atomic E-state index is 0.482. The maximum atomic E-state index is 5.74. The fraction of sp³-hybridized carbons (Fsp3) is 0.154. The molecule has 3 aromatic rings. The van der Waals surface area contributed by atoms with E-state index in [1.54, 1.807) is 0 Å². The molecule has 0 fully saturated rings. The highest BCUT2D eigenvalue weighted by Gasteiger charge is 2.14. The number of nitrogens with two attached hydrogens (primary N) is 1. The van der Waals surface area contributed by atoms with Crippen LogP contribution in [0.4, 0.5) is 0 Å². The molecule has 0 bridgehead atoms. The van der Waals surface area contributed by atoms with Crippen molar-refractivity contribution in [2.45, 2.75) is 6.54 Å². The summed E-state index contributed by atoms with van der Waals surface area (Å²) in [7, 11) is 1.97. The molecule has 0 aliphatic rings. The summed E-state index contributed by atoms with van der Waals surface area (Å²) in [6.07, 6.45) is 0. The second-order valence-corrected chi connectivity index (χ2v) is 4.87. The number of imidazole rings is 1. The number of aromatic nitrogens is 2. The van der Waals surface area contributed by atoms with Crippen LogP contribution < -0.4 is 5.73 Å². The van der Waals surface area contributed by atoms with Gasteiger partial charge in [-0.3, -0.25) is 0 Å². The van der Waals surface area contributed by atoms with Crippen LogP contribution in [0.25, 0.3) is 22.6 Å². The highest BCUT2D eigenvalue weighted by molar-refractivity contribution is 9.10. The highest BCUT2D eigenvalue weighted by atomic mass is 79.9. The van der Waals surface area contributed by atoms with E-state index in [4.69, 9.17) is 10.2 Å². The molecular formula is C13H12BrN3O. The van der Waals surface area contributed by atoms with Gasteiger partial charge in [0.2, 0.25) is 0 Å². The molecule has 92 valence electrons. The lowest BCUT2D eigenvalue weighted by Gasteiger charge is -1.99. The van der Waals surface area contributed by atoms with Gasteiger partial charge in [-0.25, -0.2) is 4.98 Å². The molecule has 2 N–H and O–H groups in total. The molecule has 0 unspecified atom stereocenters. The first-order chi connectivity index (χ1) is 8.70. The second-order valence-electron chi connectivity index (χ2n) is 4.09. The summed E-state index contributed by atoms with van der Waals surface area (Å²) < 4.78 is 8.27. The average Bonchev–Trinajstić information content (AvgIpc) is 2.94. The Bertz CT molecular complexity index is 714. The fourth-order valence-electron chi connectivity index (χ4n) is 2.09. The van der Waals surface area contributed by atoms with Crippen LogP contribution in [0.15, 0.2) is 39.4 Å². The number of nitrogens with zero attached hydrogens (tertiary/aromatic N) is 2. The monoisotopic (exact) mass is 305 g/mol. The number of rotatable bonds is 2. The van der Waals surface area contributed by atoms with Crippen LogP contribution in [0, 0.1) is 0 Å². The summed E-state index contributed by atoms with van der Waals surface area (Å²) in [4.78, 5) is 4.64. The summed E-state index contributed by atoms with van der Waals surface area (Å²) in [6, 6.07) is 9.78. The molecule has 0 spiro atoms. The lowest BCUT2D eigenvalue weighted by atomic mass is 10.2. The lowest BCUT2D eigenvalue weighted by molar-refractivity contribution is 0.549. The summed E-state index contributed by atoms with van der Waals surface area (Å²) in [5, 5.41) is 0. The maximum Gasteiger partial charge on any atom is 0.177 e. The van der Waals surface area contributed by atoms with Crippen LogP contribution >= 0.6 is 15.9 Å².